The Balaban J connectivity index is 2.04. The van der Waals surface area contributed by atoms with Crippen molar-refractivity contribution < 1.29 is 4.74 Å². The van der Waals surface area contributed by atoms with Crippen molar-refractivity contribution in [3.05, 3.63) is 29.3 Å². The second kappa shape index (κ2) is 6.95. The van der Waals surface area contributed by atoms with Gasteiger partial charge in [-0.05, 0) is 45.2 Å². The summed E-state index contributed by atoms with van der Waals surface area (Å²) in [7, 11) is 0. The quantitative estimate of drug-likeness (QED) is 0.827. The van der Waals surface area contributed by atoms with Gasteiger partial charge in [-0.1, -0.05) is 37.5 Å². The van der Waals surface area contributed by atoms with Crippen LogP contribution in [-0.4, -0.2) is 13.2 Å². The zero-order valence-corrected chi connectivity index (χ0v) is 12.5. The highest BCUT2D eigenvalue weighted by Crippen LogP contribution is 2.29. The number of hydrogen-bond donors (Lipinski definition) is 1. The molecule has 0 amide bonds. The fourth-order valence-corrected chi connectivity index (χ4v) is 2.94. The predicted molar refractivity (Wildman–Crippen MR) is 80.7 cm³/mol. The molecular formula is C17H27NO. The molecule has 2 nitrogen and oxygen atoms in total. The van der Waals surface area contributed by atoms with Gasteiger partial charge >= 0.3 is 0 Å². The number of ether oxygens (including phenoxy) is 1. The van der Waals surface area contributed by atoms with Gasteiger partial charge in [-0.15, -0.1) is 0 Å². The number of aryl methyl sites for hydroxylation is 1. The Hall–Kier alpha value is -1.02. The summed E-state index contributed by atoms with van der Waals surface area (Å²) in [5, 5.41) is 3.48. The molecule has 1 fully saturated rings. The maximum absolute atomic E-state index is 6.10. The molecule has 1 unspecified atom stereocenters. The Morgan fingerprint density at radius 1 is 1.32 bits per heavy atom. The van der Waals surface area contributed by atoms with E-state index in [2.05, 4.69) is 44.3 Å². The van der Waals surface area contributed by atoms with Gasteiger partial charge < -0.3 is 10.1 Å². The molecule has 0 spiro atoms. The summed E-state index contributed by atoms with van der Waals surface area (Å²) in [4.78, 5) is 0. The summed E-state index contributed by atoms with van der Waals surface area (Å²) in [6.07, 6.45) is 5.43. The summed E-state index contributed by atoms with van der Waals surface area (Å²) in [6.45, 7) is 8.36. The zero-order valence-electron chi connectivity index (χ0n) is 12.5. The molecule has 2 heteroatoms. The average Bonchev–Trinajstić information content (AvgIpc) is 2.90. The first-order valence-electron chi connectivity index (χ1n) is 7.67. The Labute approximate surface area is 117 Å². The van der Waals surface area contributed by atoms with Gasteiger partial charge in [0.15, 0.2) is 0 Å². The molecule has 106 valence electrons. The second-order valence-electron chi connectivity index (χ2n) is 5.78. The van der Waals surface area contributed by atoms with Crippen molar-refractivity contribution in [3.63, 3.8) is 0 Å². The van der Waals surface area contributed by atoms with Gasteiger partial charge in [0, 0.05) is 11.6 Å². The highest BCUT2D eigenvalue weighted by atomic mass is 16.5. The predicted octanol–water partition coefficient (Wildman–Crippen LogP) is 4.23. The Morgan fingerprint density at radius 3 is 2.74 bits per heavy atom. The normalized spacial score (nSPS) is 17.6. The Bertz CT molecular complexity index is 396. The third-order valence-electron chi connectivity index (χ3n) is 4.09. The summed E-state index contributed by atoms with van der Waals surface area (Å²) in [5.41, 5.74) is 2.59. The lowest BCUT2D eigenvalue weighted by molar-refractivity contribution is 0.248. The van der Waals surface area contributed by atoms with E-state index in [-0.39, 0.29) is 0 Å². The molecule has 2 rings (SSSR count). The first kappa shape index (κ1) is 14.4. The van der Waals surface area contributed by atoms with Crippen molar-refractivity contribution in [1.29, 1.82) is 0 Å². The highest BCUT2D eigenvalue weighted by Gasteiger charge is 2.17. The van der Waals surface area contributed by atoms with Gasteiger partial charge in [0.05, 0.1) is 6.61 Å². The van der Waals surface area contributed by atoms with E-state index < -0.39 is 0 Å². The zero-order chi connectivity index (χ0) is 13.7. The van der Waals surface area contributed by atoms with E-state index >= 15 is 0 Å². The third-order valence-corrected chi connectivity index (χ3v) is 4.09. The average molecular weight is 261 g/mol. The van der Waals surface area contributed by atoms with E-state index in [1.54, 1.807) is 0 Å². The molecule has 1 atom stereocenters. The molecule has 1 saturated carbocycles. The second-order valence-corrected chi connectivity index (χ2v) is 5.78. The lowest BCUT2D eigenvalue weighted by Crippen LogP contribution is -2.19. The smallest absolute Gasteiger partial charge is 0.124 e. The summed E-state index contributed by atoms with van der Waals surface area (Å²) >= 11 is 0. The molecule has 0 saturated heterocycles. The van der Waals surface area contributed by atoms with E-state index in [1.165, 1.54) is 36.8 Å². The van der Waals surface area contributed by atoms with Crippen LogP contribution >= 0.6 is 0 Å². The molecular weight excluding hydrogens is 234 g/mol. The van der Waals surface area contributed by atoms with Crippen LogP contribution in [0.5, 0.6) is 5.75 Å². The largest absolute Gasteiger partial charge is 0.493 e. The minimum absolute atomic E-state index is 0.350. The summed E-state index contributed by atoms with van der Waals surface area (Å²) < 4.78 is 6.10. The lowest BCUT2D eigenvalue weighted by Gasteiger charge is -2.20. The minimum Gasteiger partial charge on any atom is -0.493 e. The van der Waals surface area contributed by atoms with Crippen LogP contribution in [-0.2, 0) is 0 Å². The first-order chi connectivity index (χ1) is 9.20. The van der Waals surface area contributed by atoms with Crippen molar-refractivity contribution in [2.24, 2.45) is 5.92 Å². The molecule has 0 aromatic heterocycles. The summed E-state index contributed by atoms with van der Waals surface area (Å²) in [5.74, 6) is 1.83. The number of rotatable bonds is 6. The van der Waals surface area contributed by atoms with Crippen LogP contribution in [0.2, 0.25) is 0 Å². The topological polar surface area (TPSA) is 21.3 Å². The van der Waals surface area contributed by atoms with Crippen LogP contribution in [0.4, 0.5) is 0 Å². The van der Waals surface area contributed by atoms with E-state index in [1.807, 2.05) is 0 Å². The third kappa shape index (κ3) is 3.97. The number of hydrogen-bond acceptors (Lipinski definition) is 2. The molecule has 19 heavy (non-hydrogen) atoms. The van der Waals surface area contributed by atoms with Gasteiger partial charge in [0.1, 0.15) is 5.75 Å². The van der Waals surface area contributed by atoms with Crippen molar-refractivity contribution in [2.75, 3.05) is 13.2 Å². The number of nitrogens with one attached hydrogen (secondary N) is 1. The maximum Gasteiger partial charge on any atom is 0.124 e. The van der Waals surface area contributed by atoms with Crippen LogP contribution < -0.4 is 10.1 Å². The molecule has 1 aliphatic rings. The van der Waals surface area contributed by atoms with E-state index in [0.717, 1.165) is 24.8 Å². The molecule has 1 N–H and O–H groups in total. The number of benzene rings is 1. The van der Waals surface area contributed by atoms with Gasteiger partial charge in [0.25, 0.3) is 0 Å². The van der Waals surface area contributed by atoms with Crippen LogP contribution in [0.15, 0.2) is 18.2 Å². The molecule has 1 aromatic carbocycles. The van der Waals surface area contributed by atoms with Gasteiger partial charge in [-0.3, -0.25) is 0 Å². The van der Waals surface area contributed by atoms with E-state index in [0.29, 0.717) is 6.04 Å². The maximum atomic E-state index is 6.10. The van der Waals surface area contributed by atoms with Crippen LogP contribution in [0.25, 0.3) is 0 Å². The SMILES string of the molecule is CCNC(C)c1cc(C)ccc1OCC1CCCC1. The highest BCUT2D eigenvalue weighted by molar-refractivity contribution is 5.39. The Morgan fingerprint density at radius 2 is 2.05 bits per heavy atom. The molecule has 0 aliphatic heterocycles. The molecule has 0 radical (unpaired) electrons. The standard InChI is InChI=1S/C17H27NO/c1-4-18-14(3)16-11-13(2)9-10-17(16)19-12-15-7-5-6-8-15/h9-11,14-15,18H,4-8,12H2,1-3H3. The van der Waals surface area contributed by atoms with Gasteiger partial charge in [-0.25, -0.2) is 0 Å². The Kier molecular flexibility index (Phi) is 5.26. The van der Waals surface area contributed by atoms with Crippen molar-refractivity contribution in [2.45, 2.75) is 52.5 Å². The monoisotopic (exact) mass is 261 g/mol. The first-order valence-corrected chi connectivity index (χ1v) is 7.67. The van der Waals surface area contributed by atoms with Gasteiger partial charge in [0.2, 0.25) is 0 Å². The van der Waals surface area contributed by atoms with Crippen molar-refractivity contribution in [3.8, 4) is 5.75 Å². The lowest BCUT2D eigenvalue weighted by atomic mass is 10.0. The fraction of sp³-hybridized carbons (Fsp3) is 0.647. The minimum atomic E-state index is 0.350. The fourth-order valence-electron chi connectivity index (χ4n) is 2.94. The van der Waals surface area contributed by atoms with Gasteiger partial charge in [-0.2, -0.15) is 0 Å². The molecule has 0 bridgehead atoms. The van der Waals surface area contributed by atoms with Crippen molar-refractivity contribution in [1.82, 2.24) is 5.32 Å². The van der Waals surface area contributed by atoms with Crippen LogP contribution in [0.1, 0.15) is 56.7 Å². The molecule has 0 heterocycles. The van der Waals surface area contributed by atoms with E-state index in [4.69, 9.17) is 4.74 Å². The molecule has 1 aliphatic carbocycles. The summed E-state index contributed by atoms with van der Waals surface area (Å²) in [6, 6.07) is 6.88. The van der Waals surface area contributed by atoms with Crippen molar-refractivity contribution >= 4 is 0 Å². The van der Waals surface area contributed by atoms with Crippen LogP contribution in [0.3, 0.4) is 0 Å². The van der Waals surface area contributed by atoms with Crippen LogP contribution in [0, 0.1) is 12.8 Å². The van der Waals surface area contributed by atoms with E-state index in [9.17, 15) is 0 Å². The molecule has 1 aromatic rings.